The van der Waals surface area contributed by atoms with Crippen molar-refractivity contribution < 1.29 is 9.84 Å². The van der Waals surface area contributed by atoms with Crippen LogP contribution >= 0.6 is 0 Å². The molecule has 1 heterocycles. The van der Waals surface area contributed by atoms with Crippen molar-refractivity contribution in [3.05, 3.63) is 11.5 Å². The highest BCUT2D eigenvalue weighted by molar-refractivity contribution is 5.25. The number of aromatic nitrogens is 2. The van der Waals surface area contributed by atoms with E-state index in [4.69, 9.17) is 4.74 Å². The molecule has 0 saturated heterocycles. The van der Waals surface area contributed by atoms with Crippen LogP contribution < -0.4 is 0 Å². The lowest BCUT2D eigenvalue weighted by atomic mass is 9.78. The third-order valence-corrected chi connectivity index (χ3v) is 4.07. The Labute approximate surface area is 109 Å². The second-order valence-electron chi connectivity index (χ2n) is 5.88. The van der Waals surface area contributed by atoms with Crippen molar-refractivity contribution in [1.82, 2.24) is 9.97 Å². The molecule has 4 nitrogen and oxygen atoms in total. The molecule has 1 aromatic rings. The molecule has 1 aliphatic rings. The number of nitrogens with zero attached hydrogens (tertiary/aromatic N) is 1. The summed E-state index contributed by atoms with van der Waals surface area (Å²) in [6.07, 6.45) is 4.33. The monoisotopic (exact) mass is 252 g/mol. The molecule has 1 aromatic heterocycles. The molecule has 0 radical (unpaired) electrons. The van der Waals surface area contributed by atoms with E-state index in [2.05, 4.69) is 16.9 Å². The summed E-state index contributed by atoms with van der Waals surface area (Å²) in [7, 11) is 1.74. The van der Waals surface area contributed by atoms with Crippen molar-refractivity contribution in [2.75, 3.05) is 7.11 Å². The summed E-state index contributed by atoms with van der Waals surface area (Å²) in [4.78, 5) is 7.58. The first-order valence-electron chi connectivity index (χ1n) is 6.83. The van der Waals surface area contributed by atoms with Crippen LogP contribution in [0.15, 0.2) is 0 Å². The summed E-state index contributed by atoms with van der Waals surface area (Å²) in [6.45, 7) is 6.33. The Morgan fingerprint density at radius 3 is 2.72 bits per heavy atom. The minimum atomic E-state index is -0.345. The van der Waals surface area contributed by atoms with E-state index in [-0.39, 0.29) is 17.4 Å². The number of H-pyrrole nitrogens is 1. The third-order valence-electron chi connectivity index (χ3n) is 4.07. The molecule has 2 atom stereocenters. The maximum atomic E-state index is 9.91. The van der Waals surface area contributed by atoms with Crippen LogP contribution in [0.25, 0.3) is 0 Å². The first-order valence-corrected chi connectivity index (χ1v) is 6.83. The Bertz CT molecular complexity index is 414. The molecule has 2 N–H and O–H groups in total. The summed E-state index contributed by atoms with van der Waals surface area (Å²) in [6, 6.07) is 0. The number of nitrogens with one attached hydrogen (secondary N) is 1. The highest BCUT2D eigenvalue weighted by Gasteiger charge is 2.40. The number of imidazole rings is 1. The molecule has 1 saturated carbocycles. The quantitative estimate of drug-likeness (QED) is 0.867. The van der Waals surface area contributed by atoms with Crippen LogP contribution in [0.4, 0.5) is 0 Å². The van der Waals surface area contributed by atoms with Gasteiger partial charge in [0.05, 0.1) is 5.69 Å². The minimum Gasteiger partial charge on any atom is -0.492 e. The maximum Gasteiger partial charge on any atom is 0.232 e. The Morgan fingerprint density at radius 2 is 2.22 bits per heavy atom. The molecule has 0 amide bonds. The van der Waals surface area contributed by atoms with Crippen molar-refractivity contribution in [3.63, 3.8) is 0 Å². The molecule has 102 valence electrons. The van der Waals surface area contributed by atoms with Gasteiger partial charge in [-0.05, 0) is 31.1 Å². The van der Waals surface area contributed by atoms with Gasteiger partial charge < -0.3 is 14.8 Å². The molecule has 0 aromatic carbocycles. The second-order valence-corrected chi connectivity index (χ2v) is 5.88. The van der Waals surface area contributed by atoms with Crippen molar-refractivity contribution in [2.45, 2.75) is 58.0 Å². The molecular formula is C14H24N2O2. The summed E-state index contributed by atoms with van der Waals surface area (Å²) < 4.78 is 5.78. The average molecular weight is 252 g/mol. The number of methoxy groups -OCH3 is 1. The maximum absolute atomic E-state index is 9.91. The molecular weight excluding hydrogens is 228 g/mol. The fourth-order valence-corrected chi connectivity index (χ4v) is 3.00. The minimum absolute atomic E-state index is 0.120. The van der Waals surface area contributed by atoms with Gasteiger partial charge in [0.1, 0.15) is 11.4 Å². The van der Waals surface area contributed by atoms with E-state index in [0.29, 0.717) is 5.92 Å². The van der Waals surface area contributed by atoms with Gasteiger partial charge in [0.2, 0.25) is 5.88 Å². The molecule has 1 aliphatic carbocycles. The van der Waals surface area contributed by atoms with Gasteiger partial charge in [-0.1, -0.05) is 27.2 Å². The van der Waals surface area contributed by atoms with E-state index < -0.39 is 0 Å². The van der Waals surface area contributed by atoms with Gasteiger partial charge in [0.25, 0.3) is 0 Å². The molecule has 0 spiro atoms. The van der Waals surface area contributed by atoms with Crippen LogP contribution in [0.2, 0.25) is 0 Å². The Balaban J connectivity index is 2.35. The lowest BCUT2D eigenvalue weighted by molar-refractivity contribution is -0.0642. The number of hydrogen-bond donors (Lipinski definition) is 2. The Morgan fingerprint density at radius 1 is 1.50 bits per heavy atom. The zero-order valence-electron chi connectivity index (χ0n) is 11.8. The van der Waals surface area contributed by atoms with Crippen LogP contribution in [0.1, 0.15) is 63.9 Å². The predicted octanol–water partition coefficient (Wildman–Crippen LogP) is 3.29. The van der Waals surface area contributed by atoms with Gasteiger partial charge in [-0.2, -0.15) is 4.98 Å². The van der Waals surface area contributed by atoms with Crippen LogP contribution in [0.5, 0.6) is 5.88 Å². The van der Waals surface area contributed by atoms with E-state index in [1.807, 2.05) is 13.8 Å². The highest BCUT2D eigenvalue weighted by Crippen LogP contribution is 2.42. The topological polar surface area (TPSA) is 58.1 Å². The summed E-state index contributed by atoms with van der Waals surface area (Å²) in [5.74, 6) is 1.78. The van der Waals surface area contributed by atoms with E-state index >= 15 is 0 Å². The van der Waals surface area contributed by atoms with Crippen LogP contribution in [-0.2, 0) is 10.3 Å². The van der Waals surface area contributed by atoms with Crippen molar-refractivity contribution >= 4 is 0 Å². The molecule has 2 unspecified atom stereocenters. The van der Waals surface area contributed by atoms with E-state index in [9.17, 15) is 5.11 Å². The standard InChI is InChI=1S/C14H24N2O2/c1-9(2)11-12(17)16-13(15-11)14(18-4)7-5-6-10(3)8-14/h9-10,17H,5-8H2,1-4H3,(H,15,16). The molecule has 0 aliphatic heterocycles. The SMILES string of the molecule is COC1(c2nc(O)c(C(C)C)[nH]2)CCCC(C)C1. The zero-order chi connectivity index (χ0) is 13.3. The Kier molecular flexibility index (Phi) is 3.66. The van der Waals surface area contributed by atoms with E-state index in [1.54, 1.807) is 7.11 Å². The molecule has 0 bridgehead atoms. The number of hydrogen-bond acceptors (Lipinski definition) is 3. The van der Waals surface area contributed by atoms with Gasteiger partial charge in [-0.25, -0.2) is 0 Å². The van der Waals surface area contributed by atoms with Crippen molar-refractivity contribution in [1.29, 1.82) is 0 Å². The van der Waals surface area contributed by atoms with Gasteiger partial charge in [0, 0.05) is 7.11 Å². The largest absolute Gasteiger partial charge is 0.492 e. The Hall–Kier alpha value is -1.03. The third kappa shape index (κ3) is 2.26. The summed E-state index contributed by atoms with van der Waals surface area (Å²) in [5.41, 5.74) is 0.460. The normalized spacial score (nSPS) is 28.8. The van der Waals surface area contributed by atoms with Crippen LogP contribution in [0, 0.1) is 5.92 Å². The first-order chi connectivity index (χ1) is 8.48. The molecule has 1 fully saturated rings. The van der Waals surface area contributed by atoms with Gasteiger partial charge in [-0.3, -0.25) is 0 Å². The van der Waals surface area contributed by atoms with Crippen LogP contribution in [0.3, 0.4) is 0 Å². The predicted molar refractivity (Wildman–Crippen MR) is 70.7 cm³/mol. The average Bonchev–Trinajstić information content (AvgIpc) is 2.72. The number of aromatic amines is 1. The highest BCUT2D eigenvalue weighted by atomic mass is 16.5. The fourth-order valence-electron chi connectivity index (χ4n) is 3.00. The summed E-state index contributed by atoms with van der Waals surface area (Å²) >= 11 is 0. The lowest BCUT2D eigenvalue weighted by Crippen LogP contribution is -2.35. The number of aromatic hydroxyl groups is 1. The summed E-state index contributed by atoms with van der Waals surface area (Å²) in [5, 5.41) is 9.91. The molecule has 18 heavy (non-hydrogen) atoms. The molecule has 2 rings (SSSR count). The zero-order valence-corrected chi connectivity index (χ0v) is 11.8. The van der Waals surface area contributed by atoms with Gasteiger partial charge in [0.15, 0.2) is 0 Å². The smallest absolute Gasteiger partial charge is 0.232 e. The van der Waals surface area contributed by atoms with E-state index in [0.717, 1.165) is 30.8 Å². The number of rotatable bonds is 3. The first kappa shape index (κ1) is 13.4. The van der Waals surface area contributed by atoms with Crippen molar-refractivity contribution in [2.24, 2.45) is 5.92 Å². The van der Waals surface area contributed by atoms with Gasteiger partial charge in [-0.15, -0.1) is 0 Å². The second kappa shape index (κ2) is 4.92. The molecule has 4 heteroatoms. The number of ether oxygens (including phenoxy) is 1. The lowest BCUT2D eigenvalue weighted by Gasteiger charge is -2.37. The fraction of sp³-hybridized carbons (Fsp3) is 0.786. The van der Waals surface area contributed by atoms with E-state index in [1.165, 1.54) is 6.42 Å². The van der Waals surface area contributed by atoms with Crippen molar-refractivity contribution in [3.8, 4) is 5.88 Å². The van der Waals surface area contributed by atoms with Crippen LogP contribution in [-0.4, -0.2) is 22.2 Å². The van der Waals surface area contributed by atoms with Gasteiger partial charge >= 0.3 is 0 Å².